The Morgan fingerprint density at radius 3 is 2.52 bits per heavy atom. The van der Waals surface area contributed by atoms with Gasteiger partial charge in [-0.05, 0) is 26.5 Å². The van der Waals surface area contributed by atoms with Crippen molar-refractivity contribution in [2.45, 2.75) is 32.0 Å². The summed E-state index contributed by atoms with van der Waals surface area (Å²) in [5.41, 5.74) is 1.26. The number of ether oxygens (including phenoxy) is 1. The predicted molar refractivity (Wildman–Crippen MR) is 83.9 cm³/mol. The Labute approximate surface area is 126 Å². The van der Waals surface area contributed by atoms with Crippen LogP contribution in [0.2, 0.25) is 0 Å². The third-order valence-corrected chi connectivity index (χ3v) is 4.36. The third kappa shape index (κ3) is 3.52. The van der Waals surface area contributed by atoms with Gasteiger partial charge in [0, 0.05) is 17.7 Å². The maximum Gasteiger partial charge on any atom is 0.248 e. The summed E-state index contributed by atoms with van der Waals surface area (Å²) in [7, 11) is 2.02. The second-order valence-corrected chi connectivity index (χ2v) is 6.01. The van der Waals surface area contributed by atoms with E-state index in [4.69, 9.17) is 4.74 Å². The second-order valence-electron chi connectivity index (χ2n) is 6.01. The van der Waals surface area contributed by atoms with Crippen LogP contribution >= 0.6 is 0 Å². The lowest BCUT2D eigenvalue weighted by Gasteiger charge is -2.45. The molecule has 4 nitrogen and oxygen atoms in total. The summed E-state index contributed by atoms with van der Waals surface area (Å²) in [5.74, 6) is -0.101. The summed E-state index contributed by atoms with van der Waals surface area (Å²) in [4.78, 5) is 14.5. The van der Waals surface area contributed by atoms with Crippen molar-refractivity contribution >= 4 is 5.91 Å². The van der Waals surface area contributed by atoms with Crippen LogP contribution in [0.25, 0.3) is 0 Å². The number of nitrogens with one attached hydrogen (secondary N) is 1. The molecule has 1 amide bonds. The van der Waals surface area contributed by atoms with E-state index >= 15 is 0 Å². The highest BCUT2D eigenvalue weighted by Gasteiger charge is 2.37. The standard InChI is InChI=1S/C17H24N2O2/c1-13(17(2,3)19(4)15-11-21-12-15)16(20)18-10-14-8-6-5-7-9-14/h5-9,15H,1,10-12H2,2-4H3,(H,18,20). The fourth-order valence-electron chi connectivity index (χ4n) is 2.28. The highest BCUT2D eigenvalue weighted by Crippen LogP contribution is 2.26. The number of likely N-dealkylation sites (N-methyl/N-ethyl adjacent to an activating group) is 1. The Bertz CT molecular complexity index is 507. The molecule has 1 N–H and O–H groups in total. The van der Waals surface area contributed by atoms with E-state index in [0.29, 0.717) is 18.2 Å². The van der Waals surface area contributed by atoms with Crippen LogP contribution in [0.1, 0.15) is 19.4 Å². The van der Waals surface area contributed by atoms with Gasteiger partial charge in [-0.2, -0.15) is 0 Å². The van der Waals surface area contributed by atoms with E-state index in [-0.39, 0.29) is 5.91 Å². The number of nitrogens with zero attached hydrogens (tertiary/aromatic N) is 1. The number of benzene rings is 1. The molecule has 1 aliphatic rings. The van der Waals surface area contributed by atoms with Crippen molar-refractivity contribution in [3.63, 3.8) is 0 Å². The Morgan fingerprint density at radius 1 is 1.38 bits per heavy atom. The van der Waals surface area contributed by atoms with Gasteiger partial charge < -0.3 is 10.1 Å². The lowest BCUT2D eigenvalue weighted by Crippen LogP contribution is -2.57. The normalized spacial score (nSPS) is 15.6. The number of hydrogen-bond donors (Lipinski definition) is 1. The fraction of sp³-hybridized carbons (Fsp3) is 0.471. The first kappa shape index (κ1) is 15.7. The van der Waals surface area contributed by atoms with E-state index in [1.54, 1.807) is 0 Å². The molecule has 1 heterocycles. The van der Waals surface area contributed by atoms with Gasteiger partial charge in [-0.1, -0.05) is 36.9 Å². The maximum absolute atomic E-state index is 12.3. The van der Waals surface area contributed by atoms with Crippen molar-refractivity contribution in [3.05, 3.63) is 48.0 Å². The third-order valence-electron chi connectivity index (χ3n) is 4.36. The summed E-state index contributed by atoms with van der Waals surface area (Å²) >= 11 is 0. The zero-order chi connectivity index (χ0) is 15.5. The summed E-state index contributed by atoms with van der Waals surface area (Å²) in [6.07, 6.45) is 0. The molecule has 114 valence electrons. The van der Waals surface area contributed by atoms with Gasteiger partial charge in [0.1, 0.15) is 0 Å². The maximum atomic E-state index is 12.3. The average molecular weight is 288 g/mol. The van der Waals surface area contributed by atoms with Crippen molar-refractivity contribution in [2.24, 2.45) is 0 Å². The monoisotopic (exact) mass is 288 g/mol. The predicted octanol–water partition coefficient (Wildman–Crippen LogP) is 1.97. The Morgan fingerprint density at radius 2 is 2.00 bits per heavy atom. The smallest absolute Gasteiger partial charge is 0.248 e. The highest BCUT2D eigenvalue weighted by atomic mass is 16.5. The highest BCUT2D eigenvalue weighted by molar-refractivity contribution is 5.94. The van der Waals surface area contributed by atoms with Crippen molar-refractivity contribution < 1.29 is 9.53 Å². The second kappa shape index (κ2) is 6.41. The zero-order valence-corrected chi connectivity index (χ0v) is 13.1. The van der Waals surface area contributed by atoms with E-state index in [2.05, 4.69) is 16.8 Å². The summed E-state index contributed by atoms with van der Waals surface area (Å²) < 4.78 is 5.22. The minimum Gasteiger partial charge on any atom is -0.378 e. The summed E-state index contributed by atoms with van der Waals surface area (Å²) in [6.45, 7) is 10.0. The van der Waals surface area contributed by atoms with Crippen LogP contribution in [0.4, 0.5) is 0 Å². The fourth-order valence-corrected chi connectivity index (χ4v) is 2.28. The lowest BCUT2D eigenvalue weighted by molar-refractivity contribution is -0.120. The first-order valence-electron chi connectivity index (χ1n) is 7.25. The lowest BCUT2D eigenvalue weighted by atomic mass is 9.91. The number of hydrogen-bond acceptors (Lipinski definition) is 3. The van der Waals surface area contributed by atoms with Crippen LogP contribution < -0.4 is 5.32 Å². The molecule has 0 aromatic heterocycles. The van der Waals surface area contributed by atoms with Gasteiger partial charge in [-0.15, -0.1) is 0 Å². The van der Waals surface area contributed by atoms with Gasteiger partial charge in [0.05, 0.1) is 19.3 Å². The van der Waals surface area contributed by atoms with Gasteiger partial charge in [0.2, 0.25) is 5.91 Å². The minimum absolute atomic E-state index is 0.101. The Hall–Kier alpha value is -1.65. The summed E-state index contributed by atoms with van der Waals surface area (Å²) in [6, 6.07) is 10.2. The minimum atomic E-state index is -0.394. The average Bonchev–Trinajstić information content (AvgIpc) is 2.43. The van der Waals surface area contributed by atoms with E-state index in [9.17, 15) is 4.79 Å². The van der Waals surface area contributed by atoms with Gasteiger partial charge in [-0.25, -0.2) is 0 Å². The Balaban J connectivity index is 1.93. The number of amides is 1. The number of rotatable bonds is 6. The number of carbonyl (C=O) groups is 1. The molecule has 4 heteroatoms. The molecule has 1 aromatic rings. The van der Waals surface area contributed by atoms with Crippen molar-refractivity contribution in [1.82, 2.24) is 10.2 Å². The van der Waals surface area contributed by atoms with E-state index in [1.807, 2.05) is 51.2 Å². The Kier molecular flexibility index (Phi) is 4.80. The van der Waals surface area contributed by atoms with Gasteiger partial charge >= 0.3 is 0 Å². The van der Waals surface area contributed by atoms with E-state index in [1.165, 1.54) is 0 Å². The SMILES string of the molecule is C=C(C(=O)NCc1ccccc1)C(C)(C)N(C)C1COC1. The number of carbonyl (C=O) groups excluding carboxylic acids is 1. The molecular formula is C17H24N2O2. The molecule has 0 aliphatic carbocycles. The van der Waals surface area contributed by atoms with Crippen LogP contribution in [0, 0.1) is 0 Å². The van der Waals surface area contributed by atoms with Crippen molar-refractivity contribution in [2.75, 3.05) is 20.3 Å². The molecule has 1 aromatic carbocycles. The van der Waals surface area contributed by atoms with Crippen LogP contribution in [0.3, 0.4) is 0 Å². The van der Waals surface area contributed by atoms with Crippen LogP contribution in [-0.2, 0) is 16.1 Å². The molecule has 1 saturated heterocycles. The molecule has 0 saturated carbocycles. The molecule has 0 radical (unpaired) electrons. The molecule has 0 unspecified atom stereocenters. The molecule has 21 heavy (non-hydrogen) atoms. The molecule has 0 spiro atoms. The van der Waals surface area contributed by atoms with Gasteiger partial charge in [0.15, 0.2) is 0 Å². The van der Waals surface area contributed by atoms with Gasteiger partial charge in [-0.3, -0.25) is 9.69 Å². The molecular weight excluding hydrogens is 264 g/mol. The van der Waals surface area contributed by atoms with Crippen LogP contribution in [-0.4, -0.2) is 42.6 Å². The van der Waals surface area contributed by atoms with Crippen molar-refractivity contribution in [3.8, 4) is 0 Å². The quantitative estimate of drug-likeness (QED) is 0.814. The van der Waals surface area contributed by atoms with Gasteiger partial charge in [0.25, 0.3) is 0 Å². The van der Waals surface area contributed by atoms with Crippen molar-refractivity contribution in [1.29, 1.82) is 0 Å². The molecule has 0 bridgehead atoms. The molecule has 1 fully saturated rings. The van der Waals surface area contributed by atoms with E-state index < -0.39 is 5.54 Å². The molecule has 2 rings (SSSR count). The largest absolute Gasteiger partial charge is 0.378 e. The first-order valence-corrected chi connectivity index (χ1v) is 7.25. The van der Waals surface area contributed by atoms with Crippen LogP contribution in [0.15, 0.2) is 42.5 Å². The molecule has 1 aliphatic heterocycles. The zero-order valence-electron chi connectivity index (χ0n) is 13.1. The topological polar surface area (TPSA) is 41.6 Å². The molecule has 0 atom stereocenters. The first-order chi connectivity index (χ1) is 9.93. The van der Waals surface area contributed by atoms with Crippen LogP contribution in [0.5, 0.6) is 0 Å². The van der Waals surface area contributed by atoms with E-state index in [0.717, 1.165) is 18.8 Å². The summed E-state index contributed by atoms with van der Waals surface area (Å²) in [5, 5.41) is 2.94.